The Morgan fingerprint density at radius 2 is 1.56 bits per heavy atom. The summed E-state index contributed by atoms with van der Waals surface area (Å²) in [5.41, 5.74) is 3.78. The first-order valence-electron chi connectivity index (χ1n) is 11.2. The summed E-state index contributed by atoms with van der Waals surface area (Å²) in [4.78, 5) is 29.4. The highest BCUT2D eigenvalue weighted by molar-refractivity contribution is 6.05. The number of hydrogen-bond donors (Lipinski definition) is 1. The predicted molar refractivity (Wildman–Crippen MR) is 128 cm³/mol. The van der Waals surface area contributed by atoms with Crippen LogP contribution in [0.4, 0.5) is 5.69 Å². The van der Waals surface area contributed by atoms with Crippen molar-refractivity contribution in [3.8, 4) is 17.2 Å². The third-order valence-electron chi connectivity index (χ3n) is 6.68. The molecule has 34 heavy (non-hydrogen) atoms. The summed E-state index contributed by atoms with van der Waals surface area (Å²) in [5.74, 6) is 0.500. The van der Waals surface area contributed by atoms with E-state index < -0.39 is 12.0 Å². The second-order valence-electron chi connectivity index (χ2n) is 8.35. The molecular formula is C27H26N2O5. The standard InChI is InChI=1S/C27H26N2O5/c1-32-21-11-7-6-10-20(21)28-26(30)24-18-14-22(33-2)23(34-3)15-19(18)27(31)29-13-12-16-8-4-5-9-17(16)25(24)29/h4-11,14-15,24-25H,12-13H2,1-3H3,(H,28,30)/t24-,25+/m1/s1. The molecule has 0 saturated heterocycles. The van der Waals surface area contributed by atoms with Gasteiger partial charge in [-0.3, -0.25) is 9.59 Å². The van der Waals surface area contributed by atoms with E-state index in [2.05, 4.69) is 11.4 Å². The lowest BCUT2D eigenvalue weighted by atomic mass is 9.75. The first-order chi connectivity index (χ1) is 16.6. The largest absolute Gasteiger partial charge is 0.495 e. The molecule has 2 aliphatic rings. The average molecular weight is 459 g/mol. The number of nitrogens with one attached hydrogen (secondary N) is 1. The van der Waals surface area contributed by atoms with Gasteiger partial charge in [0.2, 0.25) is 5.91 Å². The molecular weight excluding hydrogens is 432 g/mol. The molecule has 174 valence electrons. The lowest BCUT2D eigenvalue weighted by molar-refractivity contribution is -0.119. The molecule has 7 heteroatoms. The van der Waals surface area contributed by atoms with Crippen molar-refractivity contribution in [2.75, 3.05) is 33.2 Å². The molecule has 2 aliphatic heterocycles. The van der Waals surface area contributed by atoms with Crippen LogP contribution in [-0.2, 0) is 11.2 Å². The molecule has 0 spiro atoms. The zero-order valence-corrected chi connectivity index (χ0v) is 19.3. The Morgan fingerprint density at radius 3 is 2.32 bits per heavy atom. The number of nitrogens with zero attached hydrogens (tertiary/aromatic N) is 1. The molecule has 2 amide bonds. The number of benzene rings is 3. The molecule has 0 fully saturated rings. The number of ether oxygens (including phenoxy) is 3. The minimum atomic E-state index is -0.654. The van der Waals surface area contributed by atoms with E-state index in [1.165, 1.54) is 7.11 Å². The van der Waals surface area contributed by atoms with Crippen molar-refractivity contribution in [3.63, 3.8) is 0 Å². The first-order valence-corrected chi connectivity index (χ1v) is 11.2. The Balaban J connectivity index is 1.68. The third-order valence-corrected chi connectivity index (χ3v) is 6.68. The van der Waals surface area contributed by atoms with Gasteiger partial charge in [-0.2, -0.15) is 0 Å². The van der Waals surface area contributed by atoms with Crippen LogP contribution in [0.25, 0.3) is 0 Å². The number of carbonyl (C=O) groups is 2. The lowest BCUT2D eigenvalue weighted by Gasteiger charge is -2.45. The van der Waals surface area contributed by atoms with Crippen LogP contribution in [-0.4, -0.2) is 44.6 Å². The number of para-hydroxylation sites is 2. The molecule has 0 bridgehead atoms. The molecule has 2 heterocycles. The molecule has 0 unspecified atom stereocenters. The summed E-state index contributed by atoms with van der Waals surface area (Å²) in [6, 6.07) is 18.3. The molecule has 0 aromatic heterocycles. The number of anilines is 1. The maximum Gasteiger partial charge on any atom is 0.254 e. The number of hydrogen-bond acceptors (Lipinski definition) is 5. The molecule has 2 atom stereocenters. The molecule has 0 aliphatic carbocycles. The second kappa shape index (κ2) is 8.74. The van der Waals surface area contributed by atoms with Crippen LogP contribution in [0, 0.1) is 0 Å². The number of fused-ring (bicyclic) bond motifs is 4. The van der Waals surface area contributed by atoms with Crippen LogP contribution in [0.5, 0.6) is 17.2 Å². The van der Waals surface area contributed by atoms with Crippen LogP contribution >= 0.6 is 0 Å². The third kappa shape index (κ3) is 3.44. The second-order valence-corrected chi connectivity index (χ2v) is 8.35. The van der Waals surface area contributed by atoms with Gasteiger partial charge >= 0.3 is 0 Å². The van der Waals surface area contributed by atoms with Crippen molar-refractivity contribution in [2.24, 2.45) is 0 Å². The van der Waals surface area contributed by atoms with Crippen LogP contribution in [0.1, 0.15) is 39.0 Å². The first kappa shape index (κ1) is 21.8. The fraction of sp³-hybridized carbons (Fsp3) is 0.259. The van der Waals surface area contributed by atoms with Crippen molar-refractivity contribution >= 4 is 17.5 Å². The van der Waals surface area contributed by atoms with Gasteiger partial charge in [-0.1, -0.05) is 36.4 Å². The van der Waals surface area contributed by atoms with E-state index in [4.69, 9.17) is 14.2 Å². The molecule has 5 rings (SSSR count). The topological polar surface area (TPSA) is 77.1 Å². The highest BCUT2D eigenvalue weighted by atomic mass is 16.5. The van der Waals surface area contributed by atoms with Crippen molar-refractivity contribution in [1.82, 2.24) is 4.90 Å². The molecule has 0 saturated carbocycles. The molecule has 3 aromatic carbocycles. The Bertz CT molecular complexity index is 1270. The molecule has 7 nitrogen and oxygen atoms in total. The van der Waals surface area contributed by atoms with Gasteiger partial charge in [-0.05, 0) is 47.4 Å². The normalized spacial score (nSPS) is 18.3. The Kier molecular flexibility index (Phi) is 5.61. The monoisotopic (exact) mass is 458 g/mol. The van der Waals surface area contributed by atoms with E-state index >= 15 is 0 Å². The van der Waals surface area contributed by atoms with Gasteiger partial charge in [0.1, 0.15) is 5.75 Å². The predicted octanol–water partition coefficient (Wildman–Crippen LogP) is 4.19. The maximum atomic E-state index is 13.9. The van der Waals surface area contributed by atoms with Gasteiger partial charge < -0.3 is 24.4 Å². The maximum absolute atomic E-state index is 13.9. The molecule has 1 N–H and O–H groups in total. The van der Waals surface area contributed by atoms with Crippen LogP contribution in [0.15, 0.2) is 60.7 Å². The van der Waals surface area contributed by atoms with Gasteiger partial charge in [0.25, 0.3) is 5.91 Å². The van der Waals surface area contributed by atoms with Crippen LogP contribution < -0.4 is 19.5 Å². The number of amides is 2. The molecule has 0 radical (unpaired) electrons. The van der Waals surface area contributed by atoms with Crippen molar-refractivity contribution in [1.29, 1.82) is 0 Å². The average Bonchev–Trinajstić information content (AvgIpc) is 2.88. The Morgan fingerprint density at radius 1 is 0.882 bits per heavy atom. The summed E-state index contributed by atoms with van der Waals surface area (Å²) in [5, 5.41) is 3.04. The minimum absolute atomic E-state index is 0.114. The van der Waals surface area contributed by atoms with Crippen molar-refractivity contribution in [2.45, 2.75) is 18.4 Å². The highest BCUT2D eigenvalue weighted by Crippen LogP contribution is 2.48. The smallest absolute Gasteiger partial charge is 0.254 e. The molecule has 3 aromatic rings. The SMILES string of the molecule is COc1ccccc1NC(=O)[C@@H]1c2cc(OC)c(OC)cc2C(=O)N2CCc3ccccc3[C@@H]12. The van der Waals surface area contributed by atoms with Crippen molar-refractivity contribution in [3.05, 3.63) is 82.9 Å². The highest BCUT2D eigenvalue weighted by Gasteiger charge is 2.47. The summed E-state index contributed by atoms with van der Waals surface area (Å²) in [6.07, 6.45) is 0.738. The van der Waals surface area contributed by atoms with Gasteiger partial charge in [0.15, 0.2) is 11.5 Å². The van der Waals surface area contributed by atoms with E-state index in [0.29, 0.717) is 40.6 Å². The quantitative estimate of drug-likeness (QED) is 0.621. The number of methoxy groups -OCH3 is 3. The van der Waals surface area contributed by atoms with Gasteiger partial charge in [0, 0.05) is 12.1 Å². The van der Waals surface area contributed by atoms with E-state index in [1.807, 2.05) is 35.2 Å². The van der Waals surface area contributed by atoms with E-state index in [9.17, 15) is 9.59 Å². The van der Waals surface area contributed by atoms with E-state index in [0.717, 1.165) is 17.5 Å². The van der Waals surface area contributed by atoms with Crippen LogP contribution in [0.3, 0.4) is 0 Å². The van der Waals surface area contributed by atoms with E-state index in [-0.39, 0.29) is 11.8 Å². The fourth-order valence-corrected chi connectivity index (χ4v) is 5.09. The zero-order chi connectivity index (χ0) is 23.8. The fourth-order valence-electron chi connectivity index (χ4n) is 5.09. The minimum Gasteiger partial charge on any atom is -0.495 e. The number of carbonyl (C=O) groups excluding carboxylic acids is 2. The summed E-state index contributed by atoms with van der Waals surface area (Å²) in [6.45, 7) is 0.534. The van der Waals surface area contributed by atoms with Gasteiger partial charge in [-0.15, -0.1) is 0 Å². The Hall–Kier alpha value is -4.00. The van der Waals surface area contributed by atoms with Crippen molar-refractivity contribution < 1.29 is 23.8 Å². The summed E-state index contributed by atoms with van der Waals surface area (Å²) in [7, 11) is 4.64. The van der Waals surface area contributed by atoms with Crippen LogP contribution in [0.2, 0.25) is 0 Å². The summed E-state index contributed by atoms with van der Waals surface area (Å²) < 4.78 is 16.4. The Labute approximate surface area is 198 Å². The van der Waals surface area contributed by atoms with E-state index in [1.54, 1.807) is 38.5 Å². The van der Waals surface area contributed by atoms with Gasteiger partial charge in [-0.25, -0.2) is 0 Å². The van der Waals surface area contributed by atoms with Gasteiger partial charge in [0.05, 0.1) is 39.0 Å². The number of rotatable bonds is 5. The lowest BCUT2D eigenvalue weighted by Crippen LogP contribution is -2.49. The zero-order valence-electron chi connectivity index (χ0n) is 19.3. The summed E-state index contributed by atoms with van der Waals surface area (Å²) >= 11 is 0.